The second kappa shape index (κ2) is 6.22. The number of anilines is 1. The Kier molecular flexibility index (Phi) is 3.96. The second-order valence-corrected chi connectivity index (χ2v) is 4.66. The molecule has 0 saturated carbocycles. The Balaban J connectivity index is 1.75. The molecule has 0 bridgehead atoms. The molecule has 0 radical (unpaired) electrons. The topological polar surface area (TPSA) is 94.8 Å². The standard InChI is InChI=1S/C15H14N6O2/c1-10-16-5-6-21(10)15-18-8-12(9-19-15)20-14(22)11-3-4-17-13(7-11)23-2/h3-9H,1-2H3,(H,20,22). The van der Waals surface area contributed by atoms with Crippen LogP contribution in [0.15, 0.2) is 43.1 Å². The lowest BCUT2D eigenvalue weighted by atomic mass is 10.2. The van der Waals surface area contributed by atoms with E-state index < -0.39 is 0 Å². The zero-order valence-electron chi connectivity index (χ0n) is 12.6. The van der Waals surface area contributed by atoms with E-state index in [9.17, 15) is 4.79 Å². The fourth-order valence-corrected chi connectivity index (χ4v) is 1.97. The number of amides is 1. The van der Waals surface area contributed by atoms with Gasteiger partial charge in [0, 0.05) is 30.2 Å². The number of pyridine rings is 1. The number of carbonyl (C=O) groups is 1. The predicted molar refractivity (Wildman–Crippen MR) is 82.6 cm³/mol. The van der Waals surface area contributed by atoms with Gasteiger partial charge in [-0.15, -0.1) is 0 Å². The number of hydrogen-bond acceptors (Lipinski definition) is 6. The van der Waals surface area contributed by atoms with E-state index in [4.69, 9.17) is 4.74 Å². The average molecular weight is 310 g/mol. The highest BCUT2D eigenvalue weighted by molar-refractivity contribution is 6.04. The van der Waals surface area contributed by atoms with Gasteiger partial charge in [-0.1, -0.05) is 0 Å². The minimum atomic E-state index is -0.291. The van der Waals surface area contributed by atoms with Crippen LogP contribution < -0.4 is 10.1 Å². The first-order chi connectivity index (χ1) is 11.2. The van der Waals surface area contributed by atoms with E-state index in [-0.39, 0.29) is 5.91 Å². The molecule has 0 unspecified atom stereocenters. The van der Waals surface area contributed by atoms with Crippen molar-refractivity contribution in [3.05, 3.63) is 54.5 Å². The molecular weight excluding hydrogens is 296 g/mol. The third-order valence-corrected chi connectivity index (χ3v) is 3.14. The number of methoxy groups -OCH3 is 1. The van der Waals surface area contributed by atoms with E-state index in [0.29, 0.717) is 23.1 Å². The molecule has 0 aliphatic heterocycles. The van der Waals surface area contributed by atoms with Gasteiger partial charge in [0.05, 0.1) is 25.2 Å². The van der Waals surface area contributed by atoms with Crippen molar-refractivity contribution in [3.63, 3.8) is 0 Å². The highest BCUT2D eigenvalue weighted by Crippen LogP contribution is 2.12. The van der Waals surface area contributed by atoms with Crippen molar-refractivity contribution in [1.82, 2.24) is 24.5 Å². The molecule has 0 aliphatic rings. The summed E-state index contributed by atoms with van der Waals surface area (Å²) in [5, 5.41) is 2.72. The summed E-state index contributed by atoms with van der Waals surface area (Å²) in [6.07, 6.45) is 8.03. The lowest BCUT2D eigenvalue weighted by Gasteiger charge is -2.07. The molecule has 3 rings (SSSR count). The number of imidazole rings is 1. The van der Waals surface area contributed by atoms with Gasteiger partial charge in [0.15, 0.2) is 0 Å². The molecule has 1 amide bonds. The number of aryl methyl sites for hydroxylation is 1. The Hall–Kier alpha value is -3.29. The number of ether oxygens (including phenoxy) is 1. The predicted octanol–water partition coefficient (Wildman–Crippen LogP) is 1.63. The lowest BCUT2D eigenvalue weighted by molar-refractivity contribution is 0.102. The van der Waals surface area contributed by atoms with Crippen molar-refractivity contribution in [2.45, 2.75) is 6.92 Å². The summed E-state index contributed by atoms with van der Waals surface area (Å²) in [4.78, 5) is 28.7. The number of nitrogens with one attached hydrogen (secondary N) is 1. The summed E-state index contributed by atoms with van der Waals surface area (Å²) >= 11 is 0. The van der Waals surface area contributed by atoms with E-state index in [1.807, 2.05) is 6.92 Å². The molecule has 3 heterocycles. The molecule has 116 valence electrons. The van der Waals surface area contributed by atoms with E-state index in [2.05, 4.69) is 25.3 Å². The van der Waals surface area contributed by atoms with Gasteiger partial charge in [-0.3, -0.25) is 9.36 Å². The summed E-state index contributed by atoms with van der Waals surface area (Å²) in [6, 6.07) is 3.15. The molecule has 23 heavy (non-hydrogen) atoms. The van der Waals surface area contributed by atoms with E-state index in [1.54, 1.807) is 29.1 Å². The van der Waals surface area contributed by atoms with Crippen LogP contribution >= 0.6 is 0 Å². The number of carbonyl (C=O) groups excluding carboxylic acids is 1. The van der Waals surface area contributed by atoms with Crippen LogP contribution in [0.25, 0.3) is 5.95 Å². The Morgan fingerprint density at radius 2 is 1.96 bits per heavy atom. The molecule has 3 aromatic heterocycles. The first-order valence-electron chi connectivity index (χ1n) is 6.81. The van der Waals surface area contributed by atoms with E-state index in [1.165, 1.54) is 25.7 Å². The maximum absolute atomic E-state index is 12.2. The first-order valence-corrected chi connectivity index (χ1v) is 6.81. The zero-order chi connectivity index (χ0) is 16.2. The fourth-order valence-electron chi connectivity index (χ4n) is 1.97. The third kappa shape index (κ3) is 3.15. The van der Waals surface area contributed by atoms with E-state index >= 15 is 0 Å². The number of rotatable bonds is 4. The molecule has 1 N–H and O–H groups in total. The van der Waals surface area contributed by atoms with Crippen LogP contribution in [0.2, 0.25) is 0 Å². The Labute approximate surface area is 132 Å². The Bertz CT molecular complexity index is 828. The van der Waals surface area contributed by atoms with Crippen molar-refractivity contribution in [2.24, 2.45) is 0 Å². The monoisotopic (exact) mass is 310 g/mol. The zero-order valence-corrected chi connectivity index (χ0v) is 12.6. The van der Waals surface area contributed by atoms with Crippen LogP contribution in [-0.2, 0) is 0 Å². The van der Waals surface area contributed by atoms with Crippen molar-refractivity contribution in [1.29, 1.82) is 0 Å². The van der Waals surface area contributed by atoms with Gasteiger partial charge < -0.3 is 10.1 Å². The molecule has 0 fully saturated rings. The van der Waals surface area contributed by atoms with Gasteiger partial charge in [-0.25, -0.2) is 19.9 Å². The minimum absolute atomic E-state index is 0.291. The van der Waals surface area contributed by atoms with Crippen LogP contribution in [0.3, 0.4) is 0 Å². The molecule has 8 heteroatoms. The van der Waals surface area contributed by atoms with Crippen molar-refractivity contribution in [3.8, 4) is 11.8 Å². The molecule has 0 saturated heterocycles. The SMILES string of the molecule is COc1cc(C(=O)Nc2cnc(-n3ccnc3C)nc2)ccn1. The summed E-state index contributed by atoms with van der Waals surface area (Å²) in [7, 11) is 1.49. The van der Waals surface area contributed by atoms with Crippen LogP contribution in [0.1, 0.15) is 16.2 Å². The highest BCUT2D eigenvalue weighted by atomic mass is 16.5. The normalized spacial score (nSPS) is 10.3. The number of nitrogens with zero attached hydrogens (tertiary/aromatic N) is 5. The molecule has 0 aliphatic carbocycles. The maximum atomic E-state index is 12.2. The van der Waals surface area contributed by atoms with Crippen LogP contribution in [0.4, 0.5) is 5.69 Å². The van der Waals surface area contributed by atoms with Crippen molar-refractivity contribution in [2.75, 3.05) is 12.4 Å². The highest BCUT2D eigenvalue weighted by Gasteiger charge is 2.09. The molecule has 0 spiro atoms. The van der Waals surface area contributed by atoms with Crippen molar-refractivity contribution < 1.29 is 9.53 Å². The summed E-state index contributed by atoms with van der Waals surface area (Å²) in [6.45, 7) is 1.86. The summed E-state index contributed by atoms with van der Waals surface area (Å²) in [5.41, 5.74) is 0.929. The van der Waals surface area contributed by atoms with Crippen LogP contribution in [0, 0.1) is 6.92 Å². The van der Waals surface area contributed by atoms with Crippen LogP contribution in [0.5, 0.6) is 5.88 Å². The molecule has 0 aromatic carbocycles. The molecule has 3 aromatic rings. The fraction of sp³-hybridized carbons (Fsp3) is 0.133. The Morgan fingerprint density at radius 3 is 2.61 bits per heavy atom. The number of aromatic nitrogens is 5. The largest absolute Gasteiger partial charge is 0.481 e. The van der Waals surface area contributed by atoms with Gasteiger partial charge in [0.1, 0.15) is 5.82 Å². The number of hydrogen-bond donors (Lipinski definition) is 1. The lowest BCUT2D eigenvalue weighted by Crippen LogP contribution is -2.13. The minimum Gasteiger partial charge on any atom is -0.481 e. The maximum Gasteiger partial charge on any atom is 0.255 e. The Morgan fingerprint density at radius 1 is 1.17 bits per heavy atom. The second-order valence-electron chi connectivity index (χ2n) is 4.66. The van der Waals surface area contributed by atoms with Gasteiger partial charge in [-0.2, -0.15) is 0 Å². The quantitative estimate of drug-likeness (QED) is 0.787. The molecule has 0 atom stereocenters. The third-order valence-electron chi connectivity index (χ3n) is 3.14. The summed E-state index contributed by atoms with van der Waals surface area (Å²) in [5.74, 6) is 1.36. The van der Waals surface area contributed by atoms with Crippen LogP contribution in [-0.4, -0.2) is 37.5 Å². The van der Waals surface area contributed by atoms with Gasteiger partial charge in [0.2, 0.25) is 11.8 Å². The van der Waals surface area contributed by atoms with Gasteiger partial charge >= 0.3 is 0 Å². The van der Waals surface area contributed by atoms with Gasteiger partial charge in [0.25, 0.3) is 5.91 Å². The smallest absolute Gasteiger partial charge is 0.255 e. The van der Waals surface area contributed by atoms with Gasteiger partial charge in [-0.05, 0) is 13.0 Å². The molecule has 8 nitrogen and oxygen atoms in total. The molecular formula is C15H14N6O2. The summed E-state index contributed by atoms with van der Waals surface area (Å²) < 4.78 is 6.75. The average Bonchev–Trinajstić information content (AvgIpc) is 3.01. The first kappa shape index (κ1) is 14.6. The van der Waals surface area contributed by atoms with Crippen molar-refractivity contribution >= 4 is 11.6 Å². The van der Waals surface area contributed by atoms with E-state index in [0.717, 1.165) is 5.82 Å².